The number of aryl methyl sites for hydroxylation is 1. The summed E-state index contributed by atoms with van der Waals surface area (Å²) in [5.41, 5.74) is 3.03. The summed E-state index contributed by atoms with van der Waals surface area (Å²) < 4.78 is 5.46. The van der Waals surface area contributed by atoms with Crippen molar-refractivity contribution in [2.75, 3.05) is 45.9 Å². The van der Waals surface area contributed by atoms with E-state index in [1.54, 1.807) is 0 Å². The number of ether oxygens (including phenoxy) is 1. The normalized spacial score (nSPS) is 28.4. The Kier molecular flexibility index (Phi) is 6.42. The summed E-state index contributed by atoms with van der Waals surface area (Å²) in [6, 6.07) is 19.5. The first-order valence-corrected chi connectivity index (χ1v) is 12.1. The molecule has 0 radical (unpaired) electrons. The molecule has 2 aromatic carbocycles. The van der Waals surface area contributed by atoms with Crippen LogP contribution in [0.3, 0.4) is 0 Å². The van der Waals surface area contributed by atoms with Gasteiger partial charge in [0.25, 0.3) is 0 Å². The number of benzene rings is 2. The fourth-order valence-electron chi connectivity index (χ4n) is 5.94. The lowest BCUT2D eigenvalue weighted by Gasteiger charge is -2.51. The van der Waals surface area contributed by atoms with Crippen molar-refractivity contribution in [3.05, 3.63) is 71.3 Å². The predicted molar refractivity (Wildman–Crippen MR) is 124 cm³/mol. The van der Waals surface area contributed by atoms with E-state index in [-0.39, 0.29) is 0 Å². The lowest BCUT2D eigenvalue weighted by molar-refractivity contribution is -0.106. The Balaban J connectivity index is 1.28. The van der Waals surface area contributed by atoms with Gasteiger partial charge in [0, 0.05) is 32.1 Å². The summed E-state index contributed by atoms with van der Waals surface area (Å²) in [4.78, 5) is 5.01. The number of nitrogens with zero attached hydrogens (tertiary/aromatic N) is 2. The van der Waals surface area contributed by atoms with Gasteiger partial charge in [-0.15, -0.1) is 0 Å². The molecule has 0 aliphatic carbocycles. The lowest BCUT2D eigenvalue weighted by Crippen LogP contribution is -2.55. The molecule has 4 heteroatoms. The zero-order valence-electron chi connectivity index (χ0n) is 18.6. The molecule has 4 heterocycles. The topological polar surface area (TPSA) is 35.9 Å². The van der Waals surface area contributed by atoms with Crippen LogP contribution in [0.1, 0.15) is 36.0 Å². The van der Waals surface area contributed by atoms with Crippen molar-refractivity contribution in [1.29, 1.82) is 0 Å². The van der Waals surface area contributed by atoms with E-state index in [0.717, 1.165) is 57.8 Å². The van der Waals surface area contributed by atoms with Gasteiger partial charge in [-0.25, -0.2) is 0 Å². The van der Waals surface area contributed by atoms with Crippen molar-refractivity contribution in [2.45, 2.75) is 37.8 Å². The maximum atomic E-state index is 12.1. The van der Waals surface area contributed by atoms with Gasteiger partial charge in [-0.3, -0.25) is 4.90 Å². The average Bonchev–Trinajstić information content (AvgIpc) is 2.85. The van der Waals surface area contributed by atoms with Crippen LogP contribution in [0.2, 0.25) is 0 Å². The van der Waals surface area contributed by atoms with Crippen LogP contribution in [0, 0.1) is 11.8 Å². The molecule has 166 valence electrons. The molecule has 4 nitrogen and oxygen atoms in total. The summed E-state index contributed by atoms with van der Waals surface area (Å²) >= 11 is 0. The Hall–Kier alpha value is -1.72. The minimum absolute atomic E-state index is 0.331. The fraction of sp³-hybridized carbons (Fsp3) is 0.556. The van der Waals surface area contributed by atoms with Gasteiger partial charge in [-0.05, 0) is 61.4 Å². The predicted octanol–water partition coefficient (Wildman–Crippen LogP) is 3.68. The van der Waals surface area contributed by atoms with Crippen LogP contribution < -0.4 is 0 Å². The van der Waals surface area contributed by atoms with Crippen molar-refractivity contribution >= 4 is 0 Å². The average molecular weight is 421 g/mol. The second kappa shape index (κ2) is 9.41. The first-order valence-electron chi connectivity index (χ1n) is 12.1. The van der Waals surface area contributed by atoms with E-state index in [9.17, 15) is 5.11 Å². The molecule has 2 unspecified atom stereocenters. The van der Waals surface area contributed by atoms with E-state index < -0.39 is 5.60 Å². The van der Waals surface area contributed by atoms with Crippen LogP contribution in [0.25, 0.3) is 0 Å². The molecule has 1 N–H and O–H groups in total. The van der Waals surface area contributed by atoms with Gasteiger partial charge in [0.1, 0.15) is 0 Å². The number of aliphatic hydroxyl groups is 1. The minimum Gasteiger partial charge on any atom is -0.385 e. The van der Waals surface area contributed by atoms with Gasteiger partial charge in [-0.2, -0.15) is 0 Å². The summed E-state index contributed by atoms with van der Waals surface area (Å²) in [6.45, 7) is 8.17. The number of morpholine rings is 1. The molecule has 0 amide bonds. The van der Waals surface area contributed by atoms with Crippen LogP contribution in [-0.2, 0) is 23.3 Å². The third kappa shape index (κ3) is 4.73. The lowest BCUT2D eigenvalue weighted by atomic mass is 9.66. The molecule has 4 saturated heterocycles. The molecule has 31 heavy (non-hydrogen) atoms. The van der Waals surface area contributed by atoms with Crippen LogP contribution in [-0.4, -0.2) is 60.8 Å². The molecule has 2 aromatic rings. The van der Waals surface area contributed by atoms with Crippen LogP contribution in [0.4, 0.5) is 0 Å². The molecule has 0 aromatic heterocycles. The van der Waals surface area contributed by atoms with Crippen molar-refractivity contribution in [2.24, 2.45) is 11.8 Å². The molecule has 4 fully saturated rings. The molecule has 0 saturated carbocycles. The van der Waals surface area contributed by atoms with Gasteiger partial charge < -0.3 is 14.7 Å². The van der Waals surface area contributed by atoms with E-state index in [1.165, 1.54) is 37.1 Å². The van der Waals surface area contributed by atoms with Crippen molar-refractivity contribution in [3.63, 3.8) is 0 Å². The number of hydrogen-bond acceptors (Lipinski definition) is 4. The Morgan fingerprint density at radius 3 is 2.19 bits per heavy atom. The van der Waals surface area contributed by atoms with Crippen molar-refractivity contribution < 1.29 is 9.84 Å². The molecule has 2 bridgehead atoms. The number of rotatable bonds is 7. The quantitative estimate of drug-likeness (QED) is 0.741. The standard InChI is InChI=1S/C27H36N2O2/c30-27(25-4-2-1-3-5-25,26-21-28-14-11-24(26)12-15-28)13-10-22-6-8-23(9-7-22)20-29-16-18-31-19-17-29/h1-9,24,26,30H,10-21H2. The fourth-order valence-corrected chi connectivity index (χ4v) is 5.94. The second-order valence-electron chi connectivity index (χ2n) is 9.74. The largest absolute Gasteiger partial charge is 0.385 e. The maximum Gasteiger partial charge on any atom is 0.0942 e. The highest BCUT2D eigenvalue weighted by atomic mass is 16.5. The monoisotopic (exact) mass is 420 g/mol. The van der Waals surface area contributed by atoms with E-state index in [0.29, 0.717) is 11.8 Å². The van der Waals surface area contributed by atoms with Gasteiger partial charge in [0.15, 0.2) is 0 Å². The maximum absolute atomic E-state index is 12.1. The molecule has 0 spiro atoms. The molecule has 4 aliphatic rings. The SMILES string of the molecule is OC(CCc1ccc(CN2CCOCC2)cc1)(c1ccccc1)C1CN2CCC1CC2. The summed E-state index contributed by atoms with van der Waals surface area (Å²) in [5, 5.41) is 12.1. The first kappa shape index (κ1) is 21.1. The van der Waals surface area contributed by atoms with E-state index in [1.807, 2.05) is 6.07 Å². The second-order valence-corrected chi connectivity index (χ2v) is 9.74. The van der Waals surface area contributed by atoms with Gasteiger partial charge >= 0.3 is 0 Å². The van der Waals surface area contributed by atoms with E-state index in [4.69, 9.17) is 4.74 Å². The zero-order valence-corrected chi connectivity index (χ0v) is 18.6. The van der Waals surface area contributed by atoms with Crippen LogP contribution in [0.5, 0.6) is 0 Å². The highest BCUT2D eigenvalue weighted by Crippen LogP contribution is 2.45. The number of fused-ring (bicyclic) bond motifs is 3. The Bertz CT molecular complexity index is 826. The smallest absolute Gasteiger partial charge is 0.0942 e. The molecular formula is C27H36N2O2. The van der Waals surface area contributed by atoms with E-state index in [2.05, 4.69) is 58.3 Å². The summed E-state index contributed by atoms with van der Waals surface area (Å²) in [6.07, 6.45) is 4.16. The third-order valence-electron chi connectivity index (χ3n) is 7.87. The highest BCUT2D eigenvalue weighted by molar-refractivity contribution is 5.27. The highest BCUT2D eigenvalue weighted by Gasteiger charge is 2.47. The van der Waals surface area contributed by atoms with Gasteiger partial charge in [-0.1, -0.05) is 54.6 Å². The van der Waals surface area contributed by atoms with Gasteiger partial charge in [0.05, 0.1) is 18.8 Å². The summed E-state index contributed by atoms with van der Waals surface area (Å²) in [7, 11) is 0. The number of piperidine rings is 3. The van der Waals surface area contributed by atoms with E-state index >= 15 is 0 Å². The first-order chi connectivity index (χ1) is 15.2. The summed E-state index contributed by atoms with van der Waals surface area (Å²) in [5.74, 6) is 0.976. The zero-order chi connectivity index (χ0) is 21.1. The minimum atomic E-state index is -0.752. The number of hydrogen-bond donors (Lipinski definition) is 1. The van der Waals surface area contributed by atoms with Crippen LogP contribution >= 0.6 is 0 Å². The Morgan fingerprint density at radius 2 is 1.55 bits per heavy atom. The van der Waals surface area contributed by atoms with Gasteiger partial charge in [0.2, 0.25) is 0 Å². The van der Waals surface area contributed by atoms with Crippen LogP contribution in [0.15, 0.2) is 54.6 Å². The Labute approximate surface area is 186 Å². The molecule has 6 rings (SSSR count). The molecule has 2 atom stereocenters. The molecular weight excluding hydrogens is 384 g/mol. The molecule has 4 aliphatic heterocycles. The third-order valence-corrected chi connectivity index (χ3v) is 7.87. The van der Waals surface area contributed by atoms with Crippen molar-refractivity contribution in [3.8, 4) is 0 Å². The van der Waals surface area contributed by atoms with Crippen molar-refractivity contribution in [1.82, 2.24) is 9.80 Å². The Morgan fingerprint density at radius 1 is 0.871 bits per heavy atom.